The maximum absolute atomic E-state index is 10.8. The second-order valence-electron chi connectivity index (χ2n) is 6.42. The van der Waals surface area contributed by atoms with Crippen LogP contribution in [0.4, 0.5) is 0 Å². The van der Waals surface area contributed by atoms with Gasteiger partial charge >= 0.3 is 5.97 Å². The normalized spacial score (nSPS) is 42.9. The van der Waals surface area contributed by atoms with Gasteiger partial charge in [-0.25, -0.2) is 0 Å². The van der Waals surface area contributed by atoms with Gasteiger partial charge < -0.3 is 9.47 Å². The Balaban J connectivity index is 1.49. The van der Waals surface area contributed by atoms with E-state index in [1.54, 1.807) is 0 Å². The Morgan fingerprint density at radius 1 is 1.22 bits per heavy atom. The zero-order chi connectivity index (χ0) is 12.7. The van der Waals surface area contributed by atoms with Gasteiger partial charge in [-0.1, -0.05) is 6.42 Å². The molecule has 3 aliphatic carbocycles. The molecule has 3 rings (SSSR count). The van der Waals surface area contributed by atoms with Gasteiger partial charge in [0.15, 0.2) is 6.29 Å². The van der Waals surface area contributed by atoms with Crippen molar-refractivity contribution in [1.29, 1.82) is 0 Å². The maximum Gasteiger partial charge on any atom is 0.304 e. The predicted octanol–water partition coefficient (Wildman–Crippen LogP) is 2.98. The van der Waals surface area contributed by atoms with E-state index in [2.05, 4.69) is 0 Å². The average Bonchev–Trinajstić information content (AvgIpc) is 2.97. The number of ether oxygens (including phenoxy) is 2. The Morgan fingerprint density at radius 3 is 2.78 bits per heavy atom. The molecule has 0 radical (unpaired) electrons. The molecule has 0 aliphatic heterocycles. The lowest BCUT2D eigenvalue weighted by atomic mass is 9.76. The van der Waals surface area contributed by atoms with Crippen molar-refractivity contribution in [3.63, 3.8) is 0 Å². The summed E-state index contributed by atoms with van der Waals surface area (Å²) in [7, 11) is 0. The Hall–Kier alpha value is -0.570. The number of esters is 1. The molecule has 0 aromatic rings. The monoisotopic (exact) mass is 252 g/mol. The van der Waals surface area contributed by atoms with Crippen LogP contribution in [0.5, 0.6) is 0 Å². The summed E-state index contributed by atoms with van der Waals surface area (Å²) in [5.41, 5.74) is 0. The molecule has 102 valence electrons. The summed E-state index contributed by atoms with van der Waals surface area (Å²) < 4.78 is 10.7. The molecule has 0 spiro atoms. The number of hydrogen-bond donors (Lipinski definition) is 0. The van der Waals surface area contributed by atoms with Crippen LogP contribution < -0.4 is 0 Å². The number of fused-ring (bicyclic) bond motifs is 5. The zero-order valence-electron chi connectivity index (χ0n) is 11.4. The van der Waals surface area contributed by atoms with E-state index in [1.165, 1.54) is 39.0 Å². The highest BCUT2D eigenvalue weighted by atomic mass is 16.7. The van der Waals surface area contributed by atoms with Crippen LogP contribution in [0.2, 0.25) is 0 Å². The zero-order valence-corrected chi connectivity index (χ0v) is 11.4. The van der Waals surface area contributed by atoms with Gasteiger partial charge in [0, 0.05) is 6.92 Å². The van der Waals surface area contributed by atoms with Crippen molar-refractivity contribution in [2.24, 2.45) is 29.6 Å². The first-order chi connectivity index (χ1) is 8.65. The van der Waals surface area contributed by atoms with E-state index in [0.29, 0.717) is 5.92 Å². The fourth-order valence-corrected chi connectivity index (χ4v) is 4.93. The first-order valence-corrected chi connectivity index (χ1v) is 7.44. The van der Waals surface area contributed by atoms with Crippen molar-refractivity contribution >= 4 is 5.97 Å². The Morgan fingerprint density at radius 2 is 2.00 bits per heavy atom. The van der Waals surface area contributed by atoms with E-state index in [1.807, 2.05) is 6.92 Å². The lowest BCUT2D eigenvalue weighted by molar-refractivity contribution is -0.175. The SMILES string of the molecule is CC(=O)OC(C)OCC1CC2CC1C1CCCC21. The van der Waals surface area contributed by atoms with Gasteiger partial charge in [-0.15, -0.1) is 0 Å². The fraction of sp³-hybridized carbons (Fsp3) is 0.933. The molecule has 3 saturated carbocycles. The Labute approximate surface area is 109 Å². The first kappa shape index (κ1) is 12.5. The van der Waals surface area contributed by atoms with Crippen LogP contribution in [0, 0.1) is 29.6 Å². The second kappa shape index (κ2) is 4.84. The van der Waals surface area contributed by atoms with Gasteiger partial charge in [0.1, 0.15) is 0 Å². The fourth-order valence-electron chi connectivity index (χ4n) is 4.93. The molecule has 6 unspecified atom stereocenters. The summed E-state index contributed by atoms with van der Waals surface area (Å²) in [6.07, 6.45) is 6.76. The summed E-state index contributed by atoms with van der Waals surface area (Å²) in [4.78, 5) is 10.8. The topological polar surface area (TPSA) is 35.5 Å². The van der Waals surface area contributed by atoms with Gasteiger partial charge in [-0.2, -0.15) is 0 Å². The highest BCUT2D eigenvalue weighted by molar-refractivity contribution is 5.65. The highest BCUT2D eigenvalue weighted by Crippen LogP contribution is 2.60. The Bertz CT molecular complexity index is 328. The molecule has 0 aromatic heterocycles. The number of carbonyl (C=O) groups is 1. The van der Waals surface area contributed by atoms with E-state index in [-0.39, 0.29) is 12.3 Å². The summed E-state index contributed by atoms with van der Waals surface area (Å²) >= 11 is 0. The molecule has 0 heterocycles. The molecule has 3 fully saturated rings. The van der Waals surface area contributed by atoms with Crippen LogP contribution in [0.25, 0.3) is 0 Å². The van der Waals surface area contributed by atoms with Gasteiger partial charge in [0.2, 0.25) is 0 Å². The minimum absolute atomic E-state index is 0.258. The van der Waals surface area contributed by atoms with Crippen molar-refractivity contribution in [2.45, 2.75) is 52.2 Å². The van der Waals surface area contributed by atoms with Gasteiger partial charge in [0.05, 0.1) is 6.61 Å². The van der Waals surface area contributed by atoms with Crippen molar-refractivity contribution < 1.29 is 14.3 Å². The van der Waals surface area contributed by atoms with Crippen molar-refractivity contribution in [1.82, 2.24) is 0 Å². The standard InChI is InChI=1S/C15H24O3/c1-9(16)18-10(2)17-8-12-6-11-7-15(12)14-5-3-4-13(11)14/h10-15H,3-8H2,1-2H3. The van der Waals surface area contributed by atoms with E-state index < -0.39 is 0 Å². The summed E-state index contributed by atoms with van der Waals surface area (Å²) in [5, 5.41) is 0. The van der Waals surface area contributed by atoms with Crippen molar-refractivity contribution in [2.75, 3.05) is 6.61 Å². The van der Waals surface area contributed by atoms with Crippen LogP contribution in [0.1, 0.15) is 46.0 Å². The molecular weight excluding hydrogens is 228 g/mol. The lowest BCUT2D eigenvalue weighted by Gasteiger charge is -2.31. The van der Waals surface area contributed by atoms with Gasteiger partial charge in [-0.05, 0) is 62.2 Å². The third kappa shape index (κ3) is 2.18. The van der Waals surface area contributed by atoms with Gasteiger partial charge in [0.25, 0.3) is 0 Å². The van der Waals surface area contributed by atoms with E-state index in [9.17, 15) is 4.79 Å². The van der Waals surface area contributed by atoms with Crippen LogP contribution >= 0.6 is 0 Å². The predicted molar refractivity (Wildman–Crippen MR) is 67.7 cm³/mol. The van der Waals surface area contributed by atoms with Crippen LogP contribution in [0.15, 0.2) is 0 Å². The smallest absolute Gasteiger partial charge is 0.304 e. The van der Waals surface area contributed by atoms with E-state index >= 15 is 0 Å². The van der Waals surface area contributed by atoms with Crippen LogP contribution in [0.3, 0.4) is 0 Å². The first-order valence-electron chi connectivity index (χ1n) is 7.44. The van der Waals surface area contributed by atoms with Gasteiger partial charge in [-0.3, -0.25) is 4.79 Å². The van der Waals surface area contributed by atoms with Crippen LogP contribution in [-0.4, -0.2) is 18.9 Å². The molecule has 2 bridgehead atoms. The minimum atomic E-state index is -0.388. The molecule has 3 heteroatoms. The van der Waals surface area contributed by atoms with Crippen molar-refractivity contribution in [3.8, 4) is 0 Å². The highest BCUT2D eigenvalue weighted by Gasteiger charge is 2.53. The quantitative estimate of drug-likeness (QED) is 0.570. The lowest BCUT2D eigenvalue weighted by Crippen LogP contribution is -2.29. The Kier molecular flexibility index (Phi) is 3.35. The molecule has 3 aliphatic rings. The molecule has 0 amide bonds. The average molecular weight is 252 g/mol. The molecule has 18 heavy (non-hydrogen) atoms. The summed E-state index contributed by atoms with van der Waals surface area (Å²) in [6, 6.07) is 0. The molecule has 6 atom stereocenters. The molecular formula is C15H24O3. The number of carbonyl (C=O) groups excluding carboxylic acids is 1. The molecule has 3 nitrogen and oxygen atoms in total. The molecule has 0 saturated heterocycles. The number of rotatable bonds is 4. The summed E-state index contributed by atoms with van der Waals surface area (Å²) in [6.45, 7) is 4.02. The van der Waals surface area contributed by atoms with E-state index in [4.69, 9.17) is 9.47 Å². The third-order valence-electron chi connectivity index (χ3n) is 5.44. The molecule has 0 aromatic carbocycles. The second-order valence-corrected chi connectivity index (χ2v) is 6.42. The maximum atomic E-state index is 10.8. The van der Waals surface area contributed by atoms with Crippen molar-refractivity contribution in [3.05, 3.63) is 0 Å². The largest absolute Gasteiger partial charge is 0.436 e. The van der Waals surface area contributed by atoms with Crippen LogP contribution in [-0.2, 0) is 14.3 Å². The van der Waals surface area contributed by atoms with E-state index in [0.717, 1.165) is 30.3 Å². The summed E-state index contributed by atoms with van der Waals surface area (Å²) in [5.74, 6) is 4.35. The molecule has 0 N–H and O–H groups in total. The third-order valence-corrected chi connectivity index (χ3v) is 5.44. The number of hydrogen-bond acceptors (Lipinski definition) is 3. The minimum Gasteiger partial charge on any atom is -0.436 e.